The van der Waals surface area contributed by atoms with Crippen LogP contribution >= 0.6 is 11.6 Å². The standard InChI is InChI=1S/C16H16ClF3N2O2S/c1-9-5-12(25(21,23)24)7-15(10(9)2)22-8-11-3-4-14(17)13(6-11)16(18,19)20/h3-7,22H,8H2,1-2H3,(H2,21,23,24). The number of alkyl halides is 3. The minimum absolute atomic E-state index is 0.0641. The van der Waals surface area contributed by atoms with Crippen LogP contribution in [0.25, 0.3) is 0 Å². The Labute approximate surface area is 148 Å². The van der Waals surface area contributed by atoms with E-state index in [1.165, 1.54) is 24.3 Å². The summed E-state index contributed by atoms with van der Waals surface area (Å²) in [4.78, 5) is -0.0646. The number of primary sulfonamides is 1. The van der Waals surface area contributed by atoms with E-state index in [1.807, 2.05) is 0 Å². The Morgan fingerprint density at radius 2 is 1.80 bits per heavy atom. The molecular formula is C16H16ClF3N2O2S. The van der Waals surface area contributed by atoms with Crippen molar-refractivity contribution in [3.8, 4) is 0 Å². The molecule has 0 heterocycles. The van der Waals surface area contributed by atoms with Gasteiger partial charge in [0.05, 0.1) is 15.5 Å². The smallest absolute Gasteiger partial charge is 0.381 e. The Hall–Kier alpha value is -1.77. The van der Waals surface area contributed by atoms with E-state index in [1.54, 1.807) is 13.8 Å². The Morgan fingerprint density at radius 1 is 1.16 bits per heavy atom. The van der Waals surface area contributed by atoms with Crippen molar-refractivity contribution in [1.29, 1.82) is 0 Å². The normalized spacial score (nSPS) is 12.3. The van der Waals surface area contributed by atoms with E-state index < -0.39 is 21.8 Å². The van der Waals surface area contributed by atoms with Crippen molar-refractivity contribution < 1.29 is 21.6 Å². The molecule has 0 radical (unpaired) electrons. The fraction of sp³-hybridized carbons (Fsp3) is 0.250. The van der Waals surface area contributed by atoms with Crippen molar-refractivity contribution in [3.63, 3.8) is 0 Å². The maximum Gasteiger partial charge on any atom is 0.417 e. The zero-order chi connectivity index (χ0) is 19.0. The predicted octanol–water partition coefficient (Wildman–Crippen LogP) is 4.24. The van der Waals surface area contributed by atoms with Gasteiger partial charge in [0.25, 0.3) is 0 Å². The lowest BCUT2D eigenvalue weighted by Crippen LogP contribution is -2.14. The largest absolute Gasteiger partial charge is 0.417 e. The minimum atomic E-state index is -4.55. The summed E-state index contributed by atoms with van der Waals surface area (Å²) in [6.45, 7) is 3.56. The first-order valence-electron chi connectivity index (χ1n) is 7.13. The van der Waals surface area contributed by atoms with Gasteiger partial charge in [0.15, 0.2) is 0 Å². The van der Waals surface area contributed by atoms with E-state index in [-0.39, 0.29) is 16.5 Å². The third-order valence-corrected chi connectivity index (χ3v) is 5.01. The number of hydrogen-bond acceptors (Lipinski definition) is 3. The van der Waals surface area contributed by atoms with Gasteiger partial charge < -0.3 is 5.32 Å². The summed E-state index contributed by atoms with van der Waals surface area (Å²) in [5.41, 5.74) is 1.39. The zero-order valence-electron chi connectivity index (χ0n) is 13.4. The molecule has 2 aromatic carbocycles. The minimum Gasteiger partial charge on any atom is -0.381 e. The summed E-state index contributed by atoms with van der Waals surface area (Å²) >= 11 is 5.59. The molecule has 136 valence electrons. The molecule has 25 heavy (non-hydrogen) atoms. The molecule has 0 aliphatic rings. The van der Waals surface area contributed by atoms with Crippen LogP contribution < -0.4 is 10.5 Å². The number of halogens is 4. The van der Waals surface area contributed by atoms with Crippen LogP contribution in [0.15, 0.2) is 35.2 Å². The van der Waals surface area contributed by atoms with E-state index in [4.69, 9.17) is 16.7 Å². The summed E-state index contributed by atoms with van der Waals surface area (Å²) < 4.78 is 61.8. The molecule has 0 aliphatic carbocycles. The molecule has 2 rings (SSSR count). The summed E-state index contributed by atoms with van der Waals surface area (Å²) in [6.07, 6.45) is -4.55. The fourth-order valence-electron chi connectivity index (χ4n) is 2.27. The third kappa shape index (κ3) is 4.65. The molecule has 0 amide bonds. The van der Waals surface area contributed by atoms with Gasteiger partial charge in [-0.2, -0.15) is 13.2 Å². The van der Waals surface area contributed by atoms with Crippen molar-refractivity contribution in [2.45, 2.75) is 31.5 Å². The lowest BCUT2D eigenvalue weighted by atomic mass is 10.1. The van der Waals surface area contributed by atoms with Gasteiger partial charge >= 0.3 is 6.18 Å². The first-order valence-corrected chi connectivity index (χ1v) is 9.05. The summed E-state index contributed by atoms with van der Waals surface area (Å²) in [7, 11) is -3.89. The number of rotatable bonds is 4. The first kappa shape index (κ1) is 19.6. The van der Waals surface area contributed by atoms with Crippen LogP contribution in [0.1, 0.15) is 22.3 Å². The molecule has 0 spiro atoms. The number of aryl methyl sites for hydroxylation is 1. The van der Waals surface area contributed by atoms with Crippen LogP contribution in [0.4, 0.5) is 18.9 Å². The highest BCUT2D eigenvalue weighted by atomic mass is 35.5. The molecule has 9 heteroatoms. The van der Waals surface area contributed by atoms with Crippen LogP contribution in [0.5, 0.6) is 0 Å². The monoisotopic (exact) mass is 392 g/mol. The quantitative estimate of drug-likeness (QED) is 0.817. The van der Waals surface area contributed by atoms with Crippen LogP contribution in [-0.4, -0.2) is 8.42 Å². The Bertz CT molecular complexity index is 912. The summed E-state index contributed by atoms with van der Waals surface area (Å²) in [6, 6.07) is 6.41. The predicted molar refractivity (Wildman–Crippen MR) is 91.1 cm³/mol. The third-order valence-electron chi connectivity index (χ3n) is 3.79. The second kappa shape index (κ2) is 6.86. The highest BCUT2D eigenvalue weighted by Crippen LogP contribution is 2.35. The molecule has 3 N–H and O–H groups in total. The van der Waals surface area contributed by atoms with E-state index >= 15 is 0 Å². The first-order chi connectivity index (χ1) is 11.4. The van der Waals surface area contributed by atoms with Crippen LogP contribution in [0, 0.1) is 13.8 Å². The topological polar surface area (TPSA) is 72.2 Å². The number of sulfonamides is 1. The second-order valence-corrected chi connectivity index (χ2v) is 7.59. The Morgan fingerprint density at radius 3 is 2.36 bits per heavy atom. The molecule has 0 aromatic heterocycles. The molecule has 0 fully saturated rings. The van der Waals surface area contributed by atoms with Crippen molar-refractivity contribution in [1.82, 2.24) is 0 Å². The Balaban J connectivity index is 2.32. The van der Waals surface area contributed by atoms with E-state index in [0.29, 0.717) is 16.8 Å². The second-order valence-electron chi connectivity index (χ2n) is 5.62. The summed E-state index contributed by atoms with van der Waals surface area (Å²) in [5.74, 6) is 0. The maximum absolute atomic E-state index is 12.9. The van der Waals surface area contributed by atoms with Crippen molar-refractivity contribution >= 4 is 27.3 Å². The lowest BCUT2D eigenvalue weighted by Gasteiger charge is -2.15. The average molecular weight is 393 g/mol. The van der Waals surface area contributed by atoms with Crippen molar-refractivity contribution in [2.75, 3.05) is 5.32 Å². The lowest BCUT2D eigenvalue weighted by molar-refractivity contribution is -0.137. The molecule has 4 nitrogen and oxygen atoms in total. The average Bonchev–Trinajstić information content (AvgIpc) is 2.47. The Kier molecular flexibility index (Phi) is 5.36. The molecule has 0 aliphatic heterocycles. The SMILES string of the molecule is Cc1cc(S(N)(=O)=O)cc(NCc2ccc(Cl)c(C(F)(F)F)c2)c1C. The molecular weight excluding hydrogens is 377 g/mol. The van der Waals surface area contributed by atoms with E-state index in [2.05, 4.69) is 5.32 Å². The van der Waals surface area contributed by atoms with Gasteiger partial charge in [-0.25, -0.2) is 13.6 Å². The molecule has 2 aromatic rings. The highest BCUT2D eigenvalue weighted by Gasteiger charge is 2.33. The zero-order valence-corrected chi connectivity index (χ0v) is 15.0. The van der Waals surface area contributed by atoms with E-state index in [0.717, 1.165) is 11.6 Å². The summed E-state index contributed by atoms with van der Waals surface area (Å²) in [5, 5.41) is 7.72. The van der Waals surface area contributed by atoms with Gasteiger partial charge in [0.2, 0.25) is 10.0 Å². The molecule has 0 unspecified atom stereocenters. The fourth-order valence-corrected chi connectivity index (χ4v) is 3.12. The van der Waals surface area contributed by atoms with Crippen LogP contribution in [0.2, 0.25) is 5.02 Å². The van der Waals surface area contributed by atoms with E-state index in [9.17, 15) is 21.6 Å². The van der Waals surface area contributed by atoms with Gasteiger partial charge in [0, 0.05) is 12.2 Å². The van der Waals surface area contributed by atoms with Gasteiger partial charge in [-0.15, -0.1) is 0 Å². The molecule has 0 bridgehead atoms. The number of nitrogens with one attached hydrogen (secondary N) is 1. The number of hydrogen-bond donors (Lipinski definition) is 2. The molecule has 0 atom stereocenters. The highest BCUT2D eigenvalue weighted by molar-refractivity contribution is 7.89. The number of anilines is 1. The maximum atomic E-state index is 12.9. The van der Waals surface area contributed by atoms with Gasteiger partial charge in [-0.1, -0.05) is 17.7 Å². The molecule has 0 saturated heterocycles. The van der Waals surface area contributed by atoms with Crippen molar-refractivity contribution in [2.24, 2.45) is 5.14 Å². The van der Waals surface area contributed by atoms with Gasteiger partial charge in [-0.05, 0) is 54.8 Å². The molecule has 0 saturated carbocycles. The number of nitrogens with two attached hydrogens (primary N) is 1. The van der Waals surface area contributed by atoms with Gasteiger partial charge in [0.1, 0.15) is 0 Å². The van der Waals surface area contributed by atoms with Crippen molar-refractivity contribution in [3.05, 3.63) is 57.6 Å². The number of benzene rings is 2. The van der Waals surface area contributed by atoms with Gasteiger partial charge in [-0.3, -0.25) is 0 Å². The van der Waals surface area contributed by atoms with Crippen LogP contribution in [-0.2, 0) is 22.7 Å². The van der Waals surface area contributed by atoms with Crippen LogP contribution in [0.3, 0.4) is 0 Å².